The Balaban J connectivity index is 1.77. The molecule has 1 saturated heterocycles. The van der Waals surface area contributed by atoms with Crippen LogP contribution in [-0.2, 0) is 9.47 Å². The van der Waals surface area contributed by atoms with Gasteiger partial charge in [-0.15, -0.1) is 0 Å². The molecule has 0 saturated carbocycles. The summed E-state index contributed by atoms with van der Waals surface area (Å²) in [4.78, 5) is 14.7. The van der Waals surface area contributed by atoms with Crippen LogP contribution in [0, 0.1) is 0 Å². The first kappa shape index (κ1) is 12.9. The van der Waals surface area contributed by atoms with Gasteiger partial charge in [0.1, 0.15) is 5.69 Å². The topological polar surface area (TPSA) is 48.4 Å². The van der Waals surface area contributed by atoms with Crippen molar-refractivity contribution in [2.45, 2.75) is 25.6 Å². The largest absolute Gasteiger partial charge is 0.353 e. The van der Waals surface area contributed by atoms with Gasteiger partial charge in [-0.25, -0.2) is 4.98 Å². The molecule has 4 heteroatoms. The summed E-state index contributed by atoms with van der Waals surface area (Å²) < 4.78 is 11.0. The molecule has 1 aliphatic rings. The minimum atomic E-state index is -0.0716. The Morgan fingerprint density at radius 1 is 1.39 bits per heavy atom. The average Bonchev–Trinajstić information content (AvgIpc) is 2.45. The Morgan fingerprint density at radius 3 is 3.06 bits per heavy atom. The van der Waals surface area contributed by atoms with Crippen LogP contribution in [0.15, 0.2) is 24.3 Å². The molecule has 0 aromatic carbocycles. The van der Waals surface area contributed by atoms with E-state index in [1.807, 2.05) is 24.3 Å². The molecule has 1 fully saturated rings. The van der Waals surface area contributed by atoms with E-state index in [2.05, 4.69) is 4.98 Å². The van der Waals surface area contributed by atoms with Gasteiger partial charge in [0.15, 0.2) is 12.6 Å². The molecule has 4 nitrogen and oxygen atoms in total. The monoisotopic (exact) mass is 247 g/mol. The van der Waals surface area contributed by atoms with Crippen LogP contribution in [0.5, 0.6) is 0 Å². The van der Waals surface area contributed by atoms with E-state index < -0.39 is 0 Å². The van der Waals surface area contributed by atoms with E-state index in [1.165, 1.54) is 0 Å². The molecule has 2 heterocycles. The maximum absolute atomic E-state index is 10.6. The van der Waals surface area contributed by atoms with Gasteiger partial charge < -0.3 is 9.47 Å². The van der Waals surface area contributed by atoms with Crippen molar-refractivity contribution >= 4 is 12.4 Å². The van der Waals surface area contributed by atoms with Crippen LogP contribution in [0.3, 0.4) is 0 Å². The van der Waals surface area contributed by atoms with Gasteiger partial charge in [0.05, 0.1) is 12.3 Å². The van der Waals surface area contributed by atoms with Crippen LogP contribution in [0.1, 0.15) is 35.4 Å². The fourth-order valence-corrected chi connectivity index (χ4v) is 1.80. The molecule has 96 valence electrons. The predicted octanol–water partition coefficient (Wildman–Crippen LogP) is 2.45. The number of hydrogen-bond donors (Lipinski definition) is 0. The van der Waals surface area contributed by atoms with E-state index in [9.17, 15) is 4.79 Å². The summed E-state index contributed by atoms with van der Waals surface area (Å²) in [7, 11) is 0. The zero-order chi connectivity index (χ0) is 12.6. The lowest BCUT2D eigenvalue weighted by atomic mass is 10.2. The van der Waals surface area contributed by atoms with Crippen molar-refractivity contribution in [3.8, 4) is 0 Å². The SMILES string of the molecule is O=Cc1cccc(/C=C/COC2CCCCO2)n1. The van der Waals surface area contributed by atoms with E-state index in [-0.39, 0.29) is 6.29 Å². The highest BCUT2D eigenvalue weighted by Gasteiger charge is 2.12. The number of pyridine rings is 1. The van der Waals surface area contributed by atoms with Crippen LogP contribution in [0.4, 0.5) is 0 Å². The molecular formula is C14H17NO3. The third kappa shape index (κ3) is 4.05. The number of carbonyl (C=O) groups is 1. The third-order valence-corrected chi connectivity index (χ3v) is 2.72. The van der Waals surface area contributed by atoms with E-state index in [1.54, 1.807) is 6.07 Å². The summed E-state index contributed by atoms with van der Waals surface area (Å²) in [5.74, 6) is 0. The summed E-state index contributed by atoms with van der Waals surface area (Å²) in [6, 6.07) is 5.33. The quantitative estimate of drug-likeness (QED) is 0.750. The summed E-state index contributed by atoms with van der Waals surface area (Å²) in [5.41, 5.74) is 1.20. The van der Waals surface area contributed by atoms with Gasteiger partial charge in [-0.3, -0.25) is 4.79 Å². The highest BCUT2D eigenvalue weighted by atomic mass is 16.7. The molecule has 1 aromatic heterocycles. The fourth-order valence-electron chi connectivity index (χ4n) is 1.80. The lowest BCUT2D eigenvalue weighted by Gasteiger charge is -2.21. The maximum atomic E-state index is 10.6. The maximum Gasteiger partial charge on any atom is 0.168 e. The van der Waals surface area contributed by atoms with E-state index in [0.717, 1.165) is 37.8 Å². The van der Waals surface area contributed by atoms with E-state index in [0.29, 0.717) is 12.3 Å². The van der Waals surface area contributed by atoms with Gasteiger partial charge in [0.2, 0.25) is 0 Å². The summed E-state index contributed by atoms with van der Waals surface area (Å²) in [5, 5.41) is 0. The second-order valence-electron chi connectivity index (χ2n) is 4.14. The number of hydrogen-bond acceptors (Lipinski definition) is 4. The van der Waals surface area contributed by atoms with Crippen molar-refractivity contribution in [2.75, 3.05) is 13.2 Å². The molecule has 1 unspecified atom stereocenters. The van der Waals surface area contributed by atoms with Gasteiger partial charge in [-0.1, -0.05) is 12.1 Å². The van der Waals surface area contributed by atoms with Crippen LogP contribution in [0.2, 0.25) is 0 Å². The molecule has 1 aromatic rings. The number of ether oxygens (including phenoxy) is 2. The molecule has 0 bridgehead atoms. The Kier molecular flexibility index (Phi) is 5.05. The average molecular weight is 247 g/mol. The minimum Gasteiger partial charge on any atom is -0.353 e. The van der Waals surface area contributed by atoms with Crippen molar-refractivity contribution < 1.29 is 14.3 Å². The van der Waals surface area contributed by atoms with Gasteiger partial charge >= 0.3 is 0 Å². The highest BCUT2D eigenvalue weighted by molar-refractivity contribution is 5.72. The number of rotatable bonds is 5. The smallest absolute Gasteiger partial charge is 0.168 e. The lowest BCUT2D eigenvalue weighted by molar-refractivity contribution is -0.155. The summed E-state index contributed by atoms with van der Waals surface area (Å²) in [6.07, 6.45) is 7.65. The summed E-state index contributed by atoms with van der Waals surface area (Å²) in [6.45, 7) is 1.29. The third-order valence-electron chi connectivity index (χ3n) is 2.72. The molecule has 0 radical (unpaired) electrons. The molecule has 0 aliphatic carbocycles. The normalized spacial score (nSPS) is 20.1. The van der Waals surface area contributed by atoms with Gasteiger partial charge in [0, 0.05) is 6.61 Å². The second-order valence-corrected chi connectivity index (χ2v) is 4.14. The van der Waals surface area contributed by atoms with Crippen molar-refractivity contribution in [3.63, 3.8) is 0 Å². The first-order chi connectivity index (χ1) is 8.88. The molecule has 2 rings (SSSR count). The predicted molar refractivity (Wildman–Crippen MR) is 68.2 cm³/mol. The zero-order valence-electron chi connectivity index (χ0n) is 10.2. The van der Waals surface area contributed by atoms with Crippen molar-refractivity contribution in [2.24, 2.45) is 0 Å². The van der Waals surface area contributed by atoms with Crippen LogP contribution in [0.25, 0.3) is 6.08 Å². The van der Waals surface area contributed by atoms with Crippen molar-refractivity contribution in [3.05, 3.63) is 35.7 Å². The number of nitrogens with zero attached hydrogens (tertiary/aromatic N) is 1. The molecule has 0 amide bonds. The Labute approximate surface area is 107 Å². The first-order valence-electron chi connectivity index (χ1n) is 6.20. The van der Waals surface area contributed by atoms with Crippen molar-refractivity contribution in [1.82, 2.24) is 4.98 Å². The Bertz CT molecular complexity index is 411. The first-order valence-corrected chi connectivity index (χ1v) is 6.20. The van der Waals surface area contributed by atoms with Gasteiger partial charge in [-0.2, -0.15) is 0 Å². The Morgan fingerprint density at radius 2 is 2.28 bits per heavy atom. The molecule has 0 N–H and O–H groups in total. The molecule has 1 atom stereocenters. The minimum absolute atomic E-state index is 0.0716. The van der Waals surface area contributed by atoms with Gasteiger partial charge in [0.25, 0.3) is 0 Å². The van der Waals surface area contributed by atoms with E-state index in [4.69, 9.17) is 9.47 Å². The highest BCUT2D eigenvalue weighted by Crippen LogP contribution is 2.13. The van der Waals surface area contributed by atoms with Crippen LogP contribution >= 0.6 is 0 Å². The number of carbonyl (C=O) groups excluding carboxylic acids is 1. The molecular weight excluding hydrogens is 230 g/mol. The number of aromatic nitrogens is 1. The molecule has 1 aliphatic heterocycles. The fraction of sp³-hybridized carbons (Fsp3) is 0.429. The standard InChI is InChI=1S/C14H17NO3/c16-11-13-6-3-5-12(15-13)7-4-10-18-14-8-1-2-9-17-14/h3-7,11,14H,1-2,8-10H2/b7-4+. The molecule has 18 heavy (non-hydrogen) atoms. The van der Waals surface area contributed by atoms with E-state index >= 15 is 0 Å². The van der Waals surface area contributed by atoms with Crippen LogP contribution in [-0.4, -0.2) is 30.8 Å². The summed E-state index contributed by atoms with van der Waals surface area (Å²) >= 11 is 0. The van der Waals surface area contributed by atoms with Gasteiger partial charge in [-0.05, 0) is 37.5 Å². The molecule has 0 spiro atoms. The Hall–Kier alpha value is -1.52. The van der Waals surface area contributed by atoms with Crippen LogP contribution < -0.4 is 0 Å². The zero-order valence-corrected chi connectivity index (χ0v) is 10.2. The second kappa shape index (κ2) is 7.03. The van der Waals surface area contributed by atoms with Crippen molar-refractivity contribution in [1.29, 1.82) is 0 Å². The number of aldehydes is 1. The lowest BCUT2D eigenvalue weighted by Crippen LogP contribution is -2.22.